The smallest absolute Gasteiger partial charge is 0.241 e. The molecule has 1 amide bonds. The number of nitrogens with one attached hydrogen (secondary N) is 2. The van der Waals surface area contributed by atoms with Crippen molar-refractivity contribution in [2.75, 3.05) is 18.8 Å². The summed E-state index contributed by atoms with van der Waals surface area (Å²) in [5.74, 6) is 1.99. The fraction of sp³-hybridized carbons (Fsp3) is 0.857. The van der Waals surface area contributed by atoms with Crippen molar-refractivity contribution in [2.45, 2.75) is 51.5 Å². The number of carbonyl (C=O) groups is 1. The summed E-state index contributed by atoms with van der Waals surface area (Å²) in [5.41, 5.74) is 0.260. The summed E-state index contributed by atoms with van der Waals surface area (Å²) in [6.07, 6.45) is 6.05. The van der Waals surface area contributed by atoms with E-state index in [2.05, 4.69) is 22.5 Å². The maximum Gasteiger partial charge on any atom is 0.241 e. The maximum absolute atomic E-state index is 11.5. The zero-order valence-corrected chi connectivity index (χ0v) is 12.8. The molecule has 19 heavy (non-hydrogen) atoms. The van der Waals surface area contributed by atoms with Crippen LogP contribution >= 0.6 is 11.8 Å². The number of nitrogens with zero attached hydrogens (tertiary/aromatic N) is 1. The number of carbonyl (C=O) groups excluding carboxylic acids is 1. The SMILES string of the molecule is CCCNC(=O)CN=C1NC2(CCC(C)CC2)CS1. The van der Waals surface area contributed by atoms with E-state index in [1.165, 1.54) is 25.7 Å². The zero-order chi connectivity index (χ0) is 13.7. The first-order chi connectivity index (χ1) is 9.13. The van der Waals surface area contributed by atoms with Crippen LogP contribution in [-0.4, -0.2) is 35.5 Å². The Hall–Kier alpha value is -0.710. The molecule has 1 saturated heterocycles. The fourth-order valence-electron chi connectivity index (χ4n) is 2.64. The molecule has 0 aromatic carbocycles. The van der Waals surface area contributed by atoms with Crippen LogP contribution in [0.3, 0.4) is 0 Å². The summed E-state index contributed by atoms with van der Waals surface area (Å²) in [6, 6.07) is 0. The minimum Gasteiger partial charge on any atom is -0.359 e. The zero-order valence-electron chi connectivity index (χ0n) is 12.0. The molecular weight excluding hydrogens is 258 g/mol. The van der Waals surface area contributed by atoms with Gasteiger partial charge >= 0.3 is 0 Å². The molecular formula is C14H25N3OS. The minimum atomic E-state index is 0.0231. The third kappa shape index (κ3) is 4.13. The minimum absolute atomic E-state index is 0.0231. The van der Waals surface area contributed by atoms with Crippen LogP contribution in [-0.2, 0) is 4.79 Å². The van der Waals surface area contributed by atoms with Crippen LogP contribution in [0.5, 0.6) is 0 Å². The summed E-state index contributed by atoms with van der Waals surface area (Å²) < 4.78 is 0. The van der Waals surface area contributed by atoms with E-state index in [1.807, 2.05) is 6.92 Å². The molecule has 1 spiro atoms. The lowest BCUT2D eigenvalue weighted by molar-refractivity contribution is -0.119. The highest BCUT2D eigenvalue weighted by molar-refractivity contribution is 8.14. The Balaban J connectivity index is 1.79. The van der Waals surface area contributed by atoms with Gasteiger partial charge in [0, 0.05) is 17.8 Å². The Bertz CT molecular complexity index is 349. The lowest BCUT2D eigenvalue weighted by Gasteiger charge is -2.35. The van der Waals surface area contributed by atoms with Crippen LogP contribution in [0.25, 0.3) is 0 Å². The van der Waals surface area contributed by atoms with Crippen molar-refractivity contribution in [1.82, 2.24) is 10.6 Å². The van der Waals surface area contributed by atoms with Gasteiger partial charge in [-0.1, -0.05) is 25.6 Å². The molecule has 0 aromatic heterocycles. The second-order valence-corrected chi connectivity index (χ2v) is 6.81. The van der Waals surface area contributed by atoms with E-state index >= 15 is 0 Å². The molecule has 0 radical (unpaired) electrons. The molecule has 1 saturated carbocycles. The van der Waals surface area contributed by atoms with Gasteiger partial charge in [0.25, 0.3) is 0 Å². The highest BCUT2D eigenvalue weighted by atomic mass is 32.2. The van der Waals surface area contributed by atoms with Gasteiger partial charge in [0.2, 0.25) is 5.91 Å². The third-order valence-electron chi connectivity index (χ3n) is 4.03. The van der Waals surface area contributed by atoms with Gasteiger partial charge in [0.15, 0.2) is 5.17 Å². The quantitative estimate of drug-likeness (QED) is 0.831. The van der Waals surface area contributed by atoms with E-state index in [0.29, 0.717) is 0 Å². The molecule has 2 fully saturated rings. The molecule has 1 aliphatic heterocycles. The van der Waals surface area contributed by atoms with E-state index < -0.39 is 0 Å². The summed E-state index contributed by atoms with van der Waals surface area (Å²) >= 11 is 1.77. The number of hydrogen-bond acceptors (Lipinski definition) is 3. The van der Waals surface area contributed by atoms with E-state index in [-0.39, 0.29) is 18.0 Å². The molecule has 2 rings (SSSR count). The molecule has 2 aliphatic rings. The number of aliphatic imine (C=N–C) groups is 1. The van der Waals surface area contributed by atoms with Crippen LogP contribution in [0.4, 0.5) is 0 Å². The van der Waals surface area contributed by atoms with Gasteiger partial charge in [-0.15, -0.1) is 0 Å². The predicted octanol–water partition coefficient (Wildman–Crippen LogP) is 2.15. The van der Waals surface area contributed by atoms with Crippen molar-refractivity contribution < 1.29 is 4.79 Å². The summed E-state index contributed by atoms with van der Waals surface area (Å²) in [5, 5.41) is 7.38. The van der Waals surface area contributed by atoms with E-state index in [9.17, 15) is 4.79 Å². The topological polar surface area (TPSA) is 53.5 Å². The molecule has 0 atom stereocenters. The van der Waals surface area contributed by atoms with Gasteiger partial charge in [0.1, 0.15) is 6.54 Å². The van der Waals surface area contributed by atoms with Crippen LogP contribution in [0, 0.1) is 5.92 Å². The van der Waals surface area contributed by atoms with Gasteiger partial charge in [-0.2, -0.15) is 0 Å². The molecule has 0 unspecified atom stereocenters. The van der Waals surface area contributed by atoms with Gasteiger partial charge < -0.3 is 10.6 Å². The second-order valence-electron chi connectivity index (χ2n) is 5.85. The van der Waals surface area contributed by atoms with Crippen LogP contribution in [0.1, 0.15) is 46.0 Å². The highest BCUT2D eigenvalue weighted by Gasteiger charge is 2.39. The summed E-state index contributed by atoms with van der Waals surface area (Å²) in [4.78, 5) is 15.9. The van der Waals surface area contributed by atoms with E-state index in [1.54, 1.807) is 11.8 Å². The van der Waals surface area contributed by atoms with Gasteiger partial charge in [-0.25, -0.2) is 0 Å². The van der Waals surface area contributed by atoms with Crippen molar-refractivity contribution in [3.8, 4) is 0 Å². The van der Waals surface area contributed by atoms with Crippen LogP contribution in [0.2, 0.25) is 0 Å². The monoisotopic (exact) mass is 283 g/mol. The van der Waals surface area contributed by atoms with Crippen molar-refractivity contribution in [2.24, 2.45) is 10.9 Å². The number of hydrogen-bond donors (Lipinski definition) is 2. The molecule has 108 valence electrons. The first-order valence-corrected chi connectivity index (χ1v) is 8.34. The van der Waals surface area contributed by atoms with Gasteiger partial charge in [0.05, 0.1) is 0 Å². The first kappa shape index (κ1) is 14.7. The normalized spacial score (nSPS) is 32.5. The molecule has 2 N–H and O–H groups in total. The predicted molar refractivity (Wildman–Crippen MR) is 81.6 cm³/mol. The Morgan fingerprint density at radius 3 is 2.95 bits per heavy atom. The largest absolute Gasteiger partial charge is 0.359 e. The number of amidine groups is 1. The van der Waals surface area contributed by atoms with Crippen molar-refractivity contribution >= 4 is 22.8 Å². The van der Waals surface area contributed by atoms with Crippen molar-refractivity contribution in [3.05, 3.63) is 0 Å². The second kappa shape index (κ2) is 6.64. The number of amides is 1. The van der Waals surface area contributed by atoms with E-state index in [4.69, 9.17) is 0 Å². The first-order valence-electron chi connectivity index (χ1n) is 7.36. The van der Waals surface area contributed by atoms with Crippen LogP contribution < -0.4 is 10.6 Å². The Labute approximate surface area is 120 Å². The van der Waals surface area contributed by atoms with Crippen LogP contribution in [0.15, 0.2) is 4.99 Å². The van der Waals surface area contributed by atoms with Gasteiger partial charge in [-0.05, 0) is 38.0 Å². The lowest BCUT2D eigenvalue weighted by Crippen LogP contribution is -2.46. The molecule has 0 bridgehead atoms. The summed E-state index contributed by atoms with van der Waals surface area (Å²) in [6.45, 7) is 5.38. The lowest BCUT2D eigenvalue weighted by atomic mass is 9.78. The number of rotatable bonds is 4. The average Bonchev–Trinajstić information content (AvgIpc) is 2.81. The molecule has 4 nitrogen and oxygen atoms in total. The van der Waals surface area contributed by atoms with Crippen molar-refractivity contribution in [1.29, 1.82) is 0 Å². The molecule has 0 aromatic rings. The standard InChI is InChI=1S/C14H25N3OS/c1-3-8-15-12(18)9-16-13-17-14(10-19-13)6-4-11(2)5-7-14/h11H,3-10H2,1-2H3,(H,15,18)(H,16,17). The third-order valence-corrected chi connectivity index (χ3v) is 5.23. The number of thioether (sulfide) groups is 1. The molecule has 1 aliphatic carbocycles. The average molecular weight is 283 g/mol. The highest BCUT2D eigenvalue weighted by Crippen LogP contribution is 2.38. The van der Waals surface area contributed by atoms with Gasteiger partial charge in [-0.3, -0.25) is 9.79 Å². The summed E-state index contributed by atoms with van der Waals surface area (Å²) in [7, 11) is 0. The Kier molecular flexibility index (Phi) is 5.13. The molecule has 1 heterocycles. The van der Waals surface area contributed by atoms with E-state index in [0.717, 1.165) is 29.8 Å². The fourth-order valence-corrected chi connectivity index (χ4v) is 3.86. The molecule has 5 heteroatoms. The Morgan fingerprint density at radius 2 is 2.26 bits per heavy atom. The maximum atomic E-state index is 11.5. The van der Waals surface area contributed by atoms with Crippen molar-refractivity contribution in [3.63, 3.8) is 0 Å². The Morgan fingerprint density at radius 1 is 1.53 bits per heavy atom.